The molecule has 1 N–H and O–H groups in total. The summed E-state index contributed by atoms with van der Waals surface area (Å²) in [5.74, 6) is -0.218. The molecular weight excluding hydrogens is 304 g/mol. The van der Waals surface area contributed by atoms with Crippen molar-refractivity contribution in [2.75, 3.05) is 7.05 Å². The maximum atomic E-state index is 13.3. The molecule has 2 rings (SSSR count). The third-order valence-corrected chi connectivity index (χ3v) is 4.66. The smallest absolute Gasteiger partial charge is 0.123 e. The van der Waals surface area contributed by atoms with Crippen LogP contribution in [0.3, 0.4) is 0 Å². The predicted octanol–water partition coefficient (Wildman–Crippen LogP) is 5.01. The summed E-state index contributed by atoms with van der Waals surface area (Å²) in [7, 11) is 1.86. The lowest BCUT2D eigenvalue weighted by molar-refractivity contribution is 0.584. The molecule has 1 aromatic carbocycles. The summed E-state index contributed by atoms with van der Waals surface area (Å²) in [6.45, 7) is 1.98. The zero-order valence-corrected chi connectivity index (χ0v) is 13.0. The molecular formula is C14H14Cl2FNS. The molecule has 1 unspecified atom stereocenters. The molecule has 1 aromatic heterocycles. The minimum atomic E-state index is -0.218. The summed E-state index contributed by atoms with van der Waals surface area (Å²) in [4.78, 5) is 0. The van der Waals surface area contributed by atoms with Crippen LogP contribution in [0.15, 0.2) is 24.3 Å². The van der Waals surface area contributed by atoms with Gasteiger partial charge in [0.25, 0.3) is 0 Å². The summed E-state index contributed by atoms with van der Waals surface area (Å²) in [6, 6.07) is 6.73. The molecule has 0 fully saturated rings. The van der Waals surface area contributed by atoms with Gasteiger partial charge in [0.15, 0.2) is 0 Å². The van der Waals surface area contributed by atoms with E-state index in [-0.39, 0.29) is 11.9 Å². The van der Waals surface area contributed by atoms with Gasteiger partial charge in [0.1, 0.15) is 5.82 Å². The number of hydrogen-bond acceptors (Lipinski definition) is 2. The summed E-state index contributed by atoms with van der Waals surface area (Å²) in [5.41, 5.74) is 3.00. The van der Waals surface area contributed by atoms with Gasteiger partial charge in [-0.3, -0.25) is 0 Å². The van der Waals surface area contributed by atoms with Gasteiger partial charge in [0, 0.05) is 11.6 Å². The Balaban J connectivity index is 2.29. The van der Waals surface area contributed by atoms with E-state index in [0.29, 0.717) is 15.1 Å². The lowest BCUT2D eigenvalue weighted by Gasteiger charge is -2.17. The Morgan fingerprint density at radius 1 is 1.32 bits per heavy atom. The SMILES string of the molecule is CNC(Cc1cc(F)ccc1C)c1cc(Cl)sc1Cl. The van der Waals surface area contributed by atoms with Crippen molar-refractivity contribution < 1.29 is 4.39 Å². The Morgan fingerprint density at radius 2 is 2.05 bits per heavy atom. The number of halogens is 3. The fraction of sp³-hybridized carbons (Fsp3) is 0.286. The average molecular weight is 318 g/mol. The van der Waals surface area contributed by atoms with Crippen LogP contribution < -0.4 is 5.32 Å². The minimum absolute atomic E-state index is 0.0248. The number of nitrogens with one attached hydrogen (secondary N) is 1. The highest BCUT2D eigenvalue weighted by atomic mass is 35.5. The second-order valence-corrected chi connectivity index (χ2v) is 6.68. The lowest BCUT2D eigenvalue weighted by atomic mass is 9.98. The molecule has 0 saturated carbocycles. The van der Waals surface area contributed by atoms with Crippen molar-refractivity contribution in [3.05, 3.63) is 55.4 Å². The molecule has 102 valence electrons. The molecule has 0 aliphatic heterocycles. The molecule has 0 aliphatic rings. The Hall–Kier alpha value is -0.610. The van der Waals surface area contributed by atoms with Crippen LogP contribution in [0.25, 0.3) is 0 Å². The minimum Gasteiger partial charge on any atom is -0.313 e. The topological polar surface area (TPSA) is 12.0 Å². The summed E-state index contributed by atoms with van der Waals surface area (Å²) in [6.07, 6.45) is 0.673. The maximum Gasteiger partial charge on any atom is 0.123 e. The average Bonchev–Trinajstić information content (AvgIpc) is 2.69. The molecule has 1 heterocycles. The molecule has 5 heteroatoms. The largest absolute Gasteiger partial charge is 0.313 e. The van der Waals surface area contributed by atoms with Crippen LogP contribution in [0.2, 0.25) is 8.67 Å². The molecule has 1 atom stereocenters. The van der Waals surface area contributed by atoms with E-state index >= 15 is 0 Å². The van der Waals surface area contributed by atoms with E-state index in [1.807, 2.05) is 20.0 Å². The fourth-order valence-corrected chi connectivity index (χ4v) is 3.62. The van der Waals surface area contributed by atoms with Gasteiger partial charge in [-0.25, -0.2) is 4.39 Å². The number of likely N-dealkylation sites (N-methyl/N-ethyl adjacent to an activating group) is 1. The molecule has 0 saturated heterocycles. The Bertz CT molecular complexity index is 583. The number of benzene rings is 1. The molecule has 1 nitrogen and oxygen atoms in total. The molecule has 0 aliphatic carbocycles. The van der Waals surface area contributed by atoms with Gasteiger partial charge in [-0.2, -0.15) is 0 Å². The first-order valence-electron chi connectivity index (χ1n) is 5.88. The fourth-order valence-electron chi connectivity index (χ4n) is 2.04. The summed E-state index contributed by atoms with van der Waals surface area (Å²) in [5, 5.41) is 3.21. The Morgan fingerprint density at radius 3 is 2.63 bits per heavy atom. The van der Waals surface area contributed by atoms with E-state index in [1.165, 1.54) is 17.4 Å². The van der Waals surface area contributed by atoms with E-state index in [1.54, 1.807) is 12.1 Å². The van der Waals surface area contributed by atoms with Crippen molar-refractivity contribution >= 4 is 34.5 Å². The van der Waals surface area contributed by atoms with Crippen LogP contribution in [-0.4, -0.2) is 7.05 Å². The van der Waals surface area contributed by atoms with E-state index in [9.17, 15) is 4.39 Å². The maximum absolute atomic E-state index is 13.3. The van der Waals surface area contributed by atoms with E-state index in [2.05, 4.69) is 5.32 Å². The third kappa shape index (κ3) is 3.48. The number of hydrogen-bond donors (Lipinski definition) is 1. The van der Waals surface area contributed by atoms with Crippen molar-refractivity contribution in [3.63, 3.8) is 0 Å². The van der Waals surface area contributed by atoms with Gasteiger partial charge in [-0.05, 0) is 49.7 Å². The molecule has 0 radical (unpaired) electrons. The van der Waals surface area contributed by atoms with Crippen molar-refractivity contribution in [3.8, 4) is 0 Å². The van der Waals surface area contributed by atoms with Gasteiger partial charge >= 0.3 is 0 Å². The second kappa shape index (κ2) is 6.23. The van der Waals surface area contributed by atoms with Crippen molar-refractivity contribution in [1.82, 2.24) is 5.32 Å². The van der Waals surface area contributed by atoms with Crippen LogP contribution >= 0.6 is 34.5 Å². The van der Waals surface area contributed by atoms with Crippen LogP contribution in [0, 0.1) is 12.7 Å². The number of rotatable bonds is 4. The first-order valence-corrected chi connectivity index (χ1v) is 7.45. The second-order valence-electron chi connectivity index (χ2n) is 4.40. The monoisotopic (exact) mass is 317 g/mol. The van der Waals surface area contributed by atoms with Gasteiger partial charge in [-0.1, -0.05) is 29.3 Å². The molecule has 0 bridgehead atoms. The number of thiophene rings is 1. The van der Waals surface area contributed by atoms with Gasteiger partial charge in [0.05, 0.1) is 8.67 Å². The van der Waals surface area contributed by atoms with Crippen LogP contribution in [0.1, 0.15) is 22.7 Å². The van der Waals surface area contributed by atoms with Crippen molar-refractivity contribution in [2.24, 2.45) is 0 Å². The molecule has 2 aromatic rings. The summed E-state index contributed by atoms with van der Waals surface area (Å²) < 4.78 is 14.7. The predicted molar refractivity (Wildman–Crippen MR) is 81.0 cm³/mol. The van der Waals surface area contributed by atoms with Gasteiger partial charge < -0.3 is 5.32 Å². The normalized spacial score (nSPS) is 12.7. The van der Waals surface area contributed by atoms with E-state index in [0.717, 1.165) is 16.7 Å². The van der Waals surface area contributed by atoms with Crippen LogP contribution in [-0.2, 0) is 6.42 Å². The molecule has 19 heavy (non-hydrogen) atoms. The highest BCUT2D eigenvalue weighted by molar-refractivity contribution is 7.20. The van der Waals surface area contributed by atoms with Crippen LogP contribution in [0.5, 0.6) is 0 Å². The van der Waals surface area contributed by atoms with Crippen LogP contribution in [0.4, 0.5) is 4.39 Å². The van der Waals surface area contributed by atoms with E-state index in [4.69, 9.17) is 23.2 Å². The van der Waals surface area contributed by atoms with Gasteiger partial charge in [0.2, 0.25) is 0 Å². The highest BCUT2D eigenvalue weighted by Gasteiger charge is 2.17. The third-order valence-electron chi connectivity index (χ3n) is 3.14. The van der Waals surface area contributed by atoms with Crippen molar-refractivity contribution in [2.45, 2.75) is 19.4 Å². The van der Waals surface area contributed by atoms with Gasteiger partial charge in [-0.15, -0.1) is 11.3 Å². The first kappa shape index (κ1) is 14.8. The lowest BCUT2D eigenvalue weighted by Crippen LogP contribution is -2.19. The van der Waals surface area contributed by atoms with Crippen molar-refractivity contribution in [1.29, 1.82) is 0 Å². The Labute approximate surface area is 126 Å². The zero-order valence-electron chi connectivity index (χ0n) is 10.6. The highest BCUT2D eigenvalue weighted by Crippen LogP contribution is 2.36. The van der Waals surface area contributed by atoms with E-state index < -0.39 is 0 Å². The Kier molecular flexibility index (Phi) is 4.85. The standard InChI is InChI=1S/C14H14Cl2FNS/c1-8-3-4-10(17)5-9(8)6-12(18-2)11-7-13(15)19-14(11)16/h3-5,7,12,18H,6H2,1-2H3. The molecule has 0 spiro atoms. The zero-order chi connectivity index (χ0) is 14.0. The quantitative estimate of drug-likeness (QED) is 0.836. The summed E-state index contributed by atoms with van der Waals surface area (Å²) >= 11 is 13.5. The number of aryl methyl sites for hydroxylation is 1. The molecule has 0 amide bonds. The first-order chi connectivity index (χ1) is 9.01.